The maximum atomic E-state index is 11.1. The summed E-state index contributed by atoms with van der Waals surface area (Å²) in [5.74, 6) is 1.95. The third-order valence-electron chi connectivity index (χ3n) is 5.62. The number of hydrogen-bond acceptors (Lipinski definition) is 6. The summed E-state index contributed by atoms with van der Waals surface area (Å²) >= 11 is 0. The quantitative estimate of drug-likeness (QED) is 0.725. The lowest BCUT2D eigenvalue weighted by atomic mass is 9.76. The summed E-state index contributed by atoms with van der Waals surface area (Å²) in [6.45, 7) is 8.99. The molecule has 0 aliphatic carbocycles. The zero-order valence-electron chi connectivity index (χ0n) is 15.7. The average molecular weight is 394 g/mol. The van der Waals surface area contributed by atoms with E-state index in [1.54, 1.807) is 0 Å². The summed E-state index contributed by atoms with van der Waals surface area (Å²) in [6.07, 6.45) is 6.58. The molecule has 6 nitrogen and oxygen atoms in total. The van der Waals surface area contributed by atoms with E-state index >= 15 is 0 Å². The average Bonchev–Trinajstić information content (AvgIpc) is 3.08. The fourth-order valence-corrected chi connectivity index (χ4v) is 4.17. The number of nitrogens with zero attached hydrogens (tertiary/aromatic N) is 2. The molecular weight excluding hydrogens is 366 g/mol. The number of benzene rings is 1. The third-order valence-corrected chi connectivity index (χ3v) is 5.62. The highest BCUT2D eigenvalue weighted by molar-refractivity contribution is 5.85. The van der Waals surface area contributed by atoms with Crippen LogP contribution in [-0.2, 0) is 11.3 Å². The Morgan fingerprint density at radius 1 is 1.41 bits per heavy atom. The van der Waals surface area contributed by atoms with Crippen molar-refractivity contribution in [2.24, 2.45) is 5.92 Å². The number of hydrogen-bond donors (Lipinski definition) is 2. The van der Waals surface area contributed by atoms with Crippen LogP contribution in [-0.4, -0.2) is 41.8 Å². The highest BCUT2D eigenvalue weighted by atomic mass is 35.5. The van der Waals surface area contributed by atoms with E-state index < -0.39 is 5.60 Å². The van der Waals surface area contributed by atoms with Crippen molar-refractivity contribution in [1.29, 1.82) is 0 Å². The van der Waals surface area contributed by atoms with Crippen molar-refractivity contribution < 1.29 is 14.7 Å². The highest BCUT2D eigenvalue weighted by Crippen LogP contribution is 2.36. The number of rotatable bonds is 6. The van der Waals surface area contributed by atoms with Crippen molar-refractivity contribution in [3.63, 3.8) is 0 Å². The van der Waals surface area contributed by atoms with E-state index in [2.05, 4.69) is 23.1 Å². The number of halogens is 1. The lowest BCUT2D eigenvalue weighted by molar-refractivity contribution is -0.131. The van der Waals surface area contributed by atoms with E-state index in [1.807, 2.05) is 36.3 Å². The molecule has 7 heteroatoms. The van der Waals surface area contributed by atoms with Gasteiger partial charge in [-0.3, -0.25) is 0 Å². The maximum Gasteiger partial charge on any atom is 0.141 e. The van der Waals surface area contributed by atoms with Gasteiger partial charge in [-0.2, -0.15) is 0 Å². The Hall–Kier alpha value is -1.73. The van der Waals surface area contributed by atoms with Gasteiger partial charge < -0.3 is 19.6 Å². The normalized spacial score (nSPS) is 29.0. The van der Waals surface area contributed by atoms with Crippen LogP contribution in [0.4, 0.5) is 5.69 Å². The standard InChI is InChI=1S/C20H27N3O3.ClH/c1-3-4-16-11-18(23-12-15(2)26-21-23)5-6-19(16)25-14-20(24)13-22-9-7-17(20)8-10-22;/h3,5-6,11-12,17,21,24H,1,4,7-10,13-14H2,2H3;1H. The Bertz CT molecular complexity index is 718. The number of allylic oxidation sites excluding steroid dienone is 2. The molecule has 3 fully saturated rings. The molecule has 3 saturated heterocycles. The van der Waals surface area contributed by atoms with Gasteiger partial charge in [0.15, 0.2) is 0 Å². The predicted molar refractivity (Wildman–Crippen MR) is 108 cm³/mol. The van der Waals surface area contributed by atoms with Crippen LogP contribution >= 0.6 is 12.4 Å². The Labute approximate surface area is 166 Å². The largest absolute Gasteiger partial charge is 0.490 e. The van der Waals surface area contributed by atoms with Crippen LogP contribution in [0, 0.1) is 5.92 Å². The molecule has 5 rings (SSSR count). The number of anilines is 1. The second-order valence-electron chi connectivity index (χ2n) is 7.53. The molecule has 148 valence electrons. The van der Waals surface area contributed by atoms with Gasteiger partial charge in [0.25, 0.3) is 0 Å². The van der Waals surface area contributed by atoms with Gasteiger partial charge in [0.2, 0.25) is 0 Å². The first-order valence-electron chi connectivity index (χ1n) is 9.29. The summed E-state index contributed by atoms with van der Waals surface area (Å²) in [5.41, 5.74) is 4.11. The second kappa shape index (κ2) is 8.10. The van der Waals surface area contributed by atoms with E-state index in [1.165, 1.54) is 0 Å². The number of fused-ring (bicyclic) bond motifs is 3. The minimum Gasteiger partial charge on any atom is -0.490 e. The van der Waals surface area contributed by atoms with Gasteiger partial charge in [-0.15, -0.1) is 19.0 Å². The molecule has 4 aliphatic rings. The molecule has 0 amide bonds. The topological polar surface area (TPSA) is 57.2 Å². The number of piperidine rings is 3. The lowest BCUT2D eigenvalue weighted by Gasteiger charge is -2.50. The Morgan fingerprint density at radius 3 is 2.78 bits per heavy atom. The molecule has 0 aromatic heterocycles. The van der Waals surface area contributed by atoms with Crippen molar-refractivity contribution in [1.82, 2.24) is 10.5 Å². The van der Waals surface area contributed by atoms with Gasteiger partial charge in [-0.1, -0.05) is 11.7 Å². The minimum absolute atomic E-state index is 0. The smallest absolute Gasteiger partial charge is 0.141 e. The molecule has 1 unspecified atom stereocenters. The molecular formula is C20H28ClN3O3. The Balaban J connectivity index is 0.00000210. The summed E-state index contributed by atoms with van der Waals surface area (Å²) < 4.78 is 6.11. The lowest BCUT2D eigenvalue weighted by Crippen LogP contribution is -2.61. The molecule has 27 heavy (non-hydrogen) atoms. The van der Waals surface area contributed by atoms with Crippen molar-refractivity contribution in [3.05, 3.63) is 48.4 Å². The van der Waals surface area contributed by atoms with Gasteiger partial charge in [0.1, 0.15) is 23.7 Å². The van der Waals surface area contributed by atoms with Crippen LogP contribution in [0.25, 0.3) is 0 Å². The van der Waals surface area contributed by atoms with Crippen LogP contribution in [0.2, 0.25) is 0 Å². The zero-order chi connectivity index (χ0) is 18.1. The van der Waals surface area contributed by atoms with Crippen LogP contribution in [0.15, 0.2) is 42.8 Å². The Morgan fingerprint density at radius 2 is 2.19 bits per heavy atom. The first-order chi connectivity index (χ1) is 12.6. The minimum atomic E-state index is -0.745. The maximum absolute atomic E-state index is 11.1. The zero-order valence-corrected chi connectivity index (χ0v) is 16.5. The molecule has 0 spiro atoms. The molecule has 4 aliphatic heterocycles. The number of hydrazine groups is 1. The molecule has 1 aromatic carbocycles. The van der Waals surface area contributed by atoms with Crippen molar-refractivity contribution >= 4 is 18.1 Å². The van der Waals surface area contributed by atoms with Crippen molar-refractivity contribution in [3.8, 4) is 5.75 Å². The first-order valence-corrected chi connectivity index (χ1v) is 9.29. The van der Waals surface area contributed by atoms with Gasteiger partial charge in [0.05, 0.1) is 11.9 Å². The summed E-state index contributed by atoms with van der Waals surface area (Å²) in [7, 11) is 0. The van der Waals surface area contributed by atoms with E-state index in [9.17, 15) is 5.11 Å². The monoisotopic (exact) mass is 393 g/mol. The van der Waals surface area contributed by atoms with Crippen LogP contribution < -0.4 is 15.3 Å². The van der Waals surface area contributed by atoms with Crippen LogP contribution in [0.5, 0.6) is 5.75 Å². The summed E-state index contributed by atoms with van der Waals surface area (Å²) in [5, 5.41) is 12.9. The number of ether oxygens (including phenoxy) is 1. The number of nitrogens with one attached hydrogen (secondary N) is 1. The van der Waals surface area contributed by atoms with Gasteiger partial charge >= 0.3 is 0 Å². The van der Waals surface area contributed by atoms with E-state index in [0.29, 0.717) is 25.5 Å². The molecule has 4 heterocycles. The van der Waals surface area contributed by atoms with Gasteiger partial charge in [0, 0.05) is 6.54 Å². The van der Waals surface area contributed by atoms with E-state index in [4.69, 9.17) is 9.57 Å². The third kappa shape index (κ3) is 4.09. The fraction of sp³-hybridized carbons (Fsp3) is 0.500. The fourth-order valence-electron chi connectivity index (χ4n) is 4.17. The SMILES string of the molecule is C=CCc1cc(N2C=C(C)ON2)ccc1OCC1(O)CN2CCC1CC2.Cl. The van der Waals surface area contributed by atoms with Crippen LogP contribution in [0.1, 0.15) is 25.3 Å². The Kier molecular flexibility index (Phi) is 6.01. The van der Waals surface area contributed by atoms with Crippen molar-refractivity contribution in [2.75, 3.05) is 31.3 Å². The van der Waals surface area contributed by atoms with E-state index in [-0.39, 0.29) is 12.4 Å². The predicted octanol–water partition coefficient (Wildman–Crippen LogP) is 2.79. The van der Waals surface area contributed by atoms with E-state index in [0.717, 1.165) is 48.7 Å². The van der Waals surface area contributed by atoms with Gasteiger partial charge in [-0.05, 0) is 69.0 Å². The second-order valence-corrected chi connectivity index (χ2v) is 7.53. The molecule has 2 N–H and O–H groups in total. The highest BCUT2D eigenvalue weighted by Gasteiger charge is 2.46. The molecule has 1 atom stereocenters. The van der Waals surface area contributed by atoms with Gasteiger partial charge in [-0.25, -0.2) is 5.01 Å². The molecule has 0 saturated carbocycles. The van der Waals surface area contributed by atoms with Crippen LogP contribution in [0.3, 0.4) is 0 Å². The summed E-state index contributed by atoms with van der Waals surface area (Å²) in [4.78, 5) is 7.60. The molecule has 2 bridgehead atoms. The number of aliphatic hydroxyl groups is 1. The molecule has 0 radical (unpaired) electrons. The first kappa shape index (κ1) is 20.0. The molecule has 1 aromatic rings. The summed E-state index contributed by atoms with van der Waals surface area (Å²) in [6, 6.07) is 6.00. The van der Waals surface area contributed by atoms with Crippen molar-refractivity contribution in [2.45, 2.75) is 31.8 Å².